The van der Waals surface area contributed by atoms with Crippen LogP contribution in [0.15, 0.2) is 57.9 Å². The molecule has 0 amide bonds. The molecule has 0 atom stereocenters. The van der Waals surface area contributed by atoms with E-state index < -0.39 is 10.0 Å². The molecular weight excluding hydrogens is 400 g/mol. The first-order valence-electron chi connectivity index (χ1n) is 7.24. The first-order chi connectivity index (χ1) is 11.0. The predicted octanol–water partition coefficient (Wildman–Crippen LogP) is 3.61. The van der Waals surface area contributed by atoms with Gasteiger partial charge in [0.05, 0.1) is 15.6 Å². The van der Waals surface area contributed by atoms with Gasteiger partial charge < -0.3 is 4.90 Å². The van der Waals surface area contributed by atoms with Gasteiger partial charge in [0, 0.05) is 30.7 Å². The van der Waals surface area contributed by atoms with Crippen molar-refractivity contribution in [3.05, 3.63) is 58.0 Å². The van der Waals surface area contributed by atoms with Gasteiger partial charge in [-0.15, -0.1) is 0 Å². The average molecular weight is 416 g/mol. The Balaban J connectivity index is 1.77. The molecule has 0 spiro atoms. The molecule has 1 fully saturated rings. The molecule has 7 heteroatoms. The maximum atomic E-state index is 12.8. The number of hydrogen-bond donors (Lipinski definition) is 0. The van der Waals surface area contributed by atoms with Crippen LogP contribution in [0.1, 0.15) is 0 Å². The van der Waals surface area contributed by atoms with Crippen LogP contribution in [0, 0.1) is 0 Å². The minimum absolute atomic E-state index is 0.311. The van der Waals surface area contributed by atoms with Gasteiger partial charge in [0.25, 0.3) is 0 Å². The van der Waals surface area contributed by atoms with Gasteiger partial charge in [0.2, 0.25) is 10.0 Å². The Morgan fingerprint density at radius 1 is 0.913 bits per heavy atom. The maximum Gasteiger partial charge on any atom is 0.244 e. The molecule has 0 aromatic heterocycles. The van der Waals surface area contributed by atoms with Gasteiger partial charge in [-0.2, -0.15) is 4.31 Å². The molecule has 0 N–H and O–H groups in total. The van der Waals surface area contributed by atoms with Gasteiger partial charge in [0.1, 0.15) is 0 Å². The number of nitrogens with zero attached hydrogens (tertiary/aromatic N) is 2. The summed E-state index contributed by atoms with van der Waals surface area (Å²) in [5.41, 5.74) is 0.951. The van der Waals surface area contributed by atoms with Crippen LogP contribution in [-0.2, 0) is 10.0 Å². The van der Waals surface area contributed by atoms with Gasteiger partial charge in [-0.1, -0.05) is 35.9 Å². The van der Waals surface area contributed by atoms with Gasteiger partial charge >= 0.3 is 0 Å². The number of hydrogen-bond acceptors (Lipinski definition) is 3. The molecule has 2 aromatic rings. The number of para-hydroxylation sites is 1. The Hall–Kier alpha value is -1.08. The molecule has 122 valence electrons. The molecule has 3 rings (SSSR count). The summed E-state index contributed by atoms with van der Waals surface area (Å²) >= 11 is 9.54. The molecular formula is C16H16BrClN2O2S. The number of sulfonamides is 1. The first-order valence-corrected chi connectivity index (χ1v) is 9.85. The number of piperazine rings is 1. The number of anilines is 1. The molecule has 0 radical (unpaired) electrons. The fourth-order valence-electron chi connectivity index (χ4n) is 2.67. The molecule has 1 aliphatic rings. The van der Waals surface area contributed by atoms with E-state index in [1.54, 1.807) is 24.3 Å². The van der Waals surface area contributed by atoms with E-state index in [0.717, 1.165) is 5.69 Å². The molecule has 23 heavy (non-hydrogen) atoms. The largest absolute Gasteiger partial charge is 0.368 e. The molecule has 0 unspecified atom stereocenters. The number of benzene rings is 2. The lowest BCUT2D eigenvalue weighted by atomic mass is 10.2. The van der Waals surface area contributed by atoms with Crippen LogP contribution in [-0.4, -0.2) is 38.9 Å². The zero-order valence-electron chi connectivity index (χ0n) is 12.3. The van der Waals surface area contributed by atoms with E-state index >= 15 is 0 Å². The molecule has 1 heterocycles. The number of rotatable bonds is 3. The van der Waals surface area contributed by atoms with Crippen LogP contribution < -0.4 is 4.90 Å². The molecule has 1 saturated heterocycles. The summed E-state index contributed by atoms with van der Waals surface area (Å²) in [5.74, 6) is 0. The van der Waals surface area contributed by atoms with Crippen molar-refractivity contribution in [1.82, 2.24) is 4.31 Å². The Morgan fingerprint density at radius 3 is 2.17 bits per heavy atom. The van der Waals surface area contributed by atoms with Gasteiger partial charge in [-0.25, -0.2) is 8.42 Å². The van der Waals surface area contributed by atoms with Crippen molar-refractivity contribution in [2.75, 3.05) is 31.1 Å². The molecule has 0 bridgehead atoms. The van der Waals surface area contributed by atoms with Crippen molar-refractivity contribution < 1.29 is 8.42 Å². The fraction of sp³-hybridized carbons (Fsp3) is 0.250. The second-order valence-corrected chi connectivity index (χ2v) is 8.44. The highest BCUT2D eigenvalue weighted by atomic mass is 79.9. The lowest BCUT2D eigenvalue weighted by molar-refractivity contribution is 0.384. The summed E-state index contributed by atoms with van der Waals surface area (Å²) in [7, 11) is -3.48. The Bertz CT molecular complexity index is 805. The smallest absolute Gasteiger partial charge is 0.244 e. The predicted molar refractivity (Wildman–Crippen MR) is 96.6 cm³/mol. The van der Waals surface area contributed by atoms with Crippen LogP contribution >= 0.6 is 27.5 Å². The third-order valence-corrected chi connectivity index (χ3v) is 7.12. The Morgan fingerprint density at radius 2 is 1.52 bits per heavy atom. The summed E-state index contributed by atoms with van der Waals surface area (Å²) in [6.07, 6.45) is 0. The van der Waals surface area contributed by atoms with E-state index in [0.29, 0.717) is 40.6 Å². The van der Waals surface area contributed by atoms with Crippen molar-refractivity contribution >= 4 is 43.2 Å². The minimum atomic E-state index is -3.48. The van der Waals surface area contributed by atoms with Crippen molar-refractivity contribution in [2.45, 2.75) is 4.90 Å². The van der Waals surface area contributed by atoms with E-state index in [1.807, 2.05) is 24.3 Å². The molecule has 2 aromatic carbocycles. The van der Waals surface area contributed by atoms with Crippen LogP contribution in [0.4, 0.5) is 5.69 Å². The zero-order chi connectivity index (χ0) is 16.4. The summed E-state index contributed by atoms with van der Waals surface area (Å²) in [6, 6.07) is 14.5. The minimum Gasteiger partial charge on any atom is -0.368 e. The van der Waals surface area contributed by atoms with E-state index in [9.17, 15) is 8.42 Å². The van der Waals surface area contributed by atoms with Gasteiger partial charge in [0.15, 0.2) is 0 Å². The van der Waals surface area contributed by atoms with Crippen LogP contribution in [0.2, 0.25) is 5.02 Å². The highest BCUT2D eigenvalue weighted by Gasteiger charge is 2.30. The lowest BCUT2D eigenvalue weighted by Crippen LogP contribution is -2.48. The lowest BCUT2D eigenvalue weighted by Gasteiger charge is -2.35. The molecule has 0 saturated carbocycles. The SMILES string of the molecule is O=S(=O)(c1ccccc1Br)N1CCN(c2ccccc2Cl)CC1. The molecule has 0 aliphatic carbocycles. The van der Waals surface area contributed by atoms with Crippen molar-refractivity contribution in [2.24, 2.45) is 0 Å². The zero-order valence-corrected chi connectivity index (χ0v) is 15.5. The fourth-order valence-corrected chi connectivity index (χ4v) is 5.31. The van der Waals surface area contributed by atoms with E-state index in [-0.39, 0.29) is 0 Å². The van der Waals surface area contributed by atoms with Gasteiger partial charge in [-0.3, -0.25) is 0 Å². The number of halogens is 2. The average Bonchev–Trinajstić information content (AvgIpc) is 2.56. The summed E-state index contributed by atoms with van der Waals surface area (Å²) < 4.78 is 27.7. The third-order valence-electron chi connectivity index (χ3n) is 3.89. The Labute approximate surface area is 149 Å². The summed E-state index contributed by atoms with van der Waals surface area (Å²) in [6.45, 7) is 2.12. The third kappa shape index (κ3) is 3.40. The first kappa shape index (κ1) is 16.8. The normalized spacial score (nSPS) is 16.5. The second-order valence-electron chi connectivity index (χ2n) is 5.27. The molecule has 4 nitrogen and oxygen atoms in total. The van der Waals surface area contributed by atoms with Gasteiger partial charge in [-0.05, 0) is 40.2 Å². The van der Waals surface area contributed by atoms with E-state index in [4.69, 9.17) is 11.6 Å². The topological polar surface area (TPSA) is 40.6 Å². The maximum absolute atomic E-state index is 12.8. The summed E-state index contributed by atoms with van der Waals surface area (Å²) in [4.78, 5) is 2.43. The van der Waals surface area contributed by atoms with E-state index in [2.05, 4.69) is 20.8 Å². The summed E-state index contributed by atoms with van der Waals surface area (Å²) in [5, 5.41) is 0.689. The van der Waals surface area contributed by atoms with Crippen molar-refractivity contribution in [3.8, 4) is 0 Å². The van der Waals surface area contributed by atoms with E-state index in [1.165, 1.54) is 4.31 Å². The highest BCUT2D eigenvalue weighted by Crippen LogP contribution is 2.29. The van der Waals surface area contributed by atoms with Crippen molar-refractivity contribution in [3.63, 3.8) is 0 Å². The van der Waals surface area contributed by atoms with Crippen LogP contribution in [0.5, 0.6) is 0 Å². The van der Waals surface area contributed by atoms with Crippen LogP contribution in [0.3, 0.4) is 0 Å². The highest BCUT2D eigenvalue weighted by molar-refractivity contribution is 9.10. The quantitative estimate of drug-likeness (QED) is 0.769. The second kappa shape index (κ2) is 6.81. The van der Waals surface area contributed by atoms with Crippen LogP contribution in [0.25, 0.3) is 0 Å². The molecule has 1 aliphatic heterocycles. The van der Waals surface area contributed by atoms with Crippen molar-refractivity contribution in [1.29, 1.82) is 0 Å². The Kier molecular flexibility index (Phi) is 4.96. The standard InChI is InChI=1S/C16H16BrClN2O2S/c17-13-5-1-4-8-16(13)23(21,22)20-11-9-19(10-12-20)15-7-3-2-6-14(15)18/h1-8H,9-12H2. The monoisotopic (exact) mass is 414 g/mol.